The predicted molar refractivity (Wildman–Crippen MR) is 127 cm³/mol. The normalized spacial score (nSPS) is 21.6. The van der Waals surface area contributed by atoms with Crippen LogP contribution in [-0.4, -0.2) is 25.5 Å². The standard InChI is InChI=1S/C27H24F2N4O3/c1-14-7-16(5-6-30-14)24-9-17(8-15(2)36-24)22-11-33-26(32-23-13-35-12-20(23)27(33)34)25(31-22)19-4-3-18(28)10-21(19)29/h3-7,10-11,15,17,24H,8-9,12-13H2,1-2H3/t15-,17+,24-/m1/s1. The Morgan fingerprint density at radius 3 is 2.75 bits per heavy atom. The van der Waals surface area contributed by atoms with Crippen LogP contribution >= 0.6 is 0 Å². The van der Waals surface area contributed by atoms with Gasteiger partial charge in [-0.05, 0) is 56.5 Å². The number of benzene rings is 1. The summed E-state index contributed by atoms with van der Waals surface area (Å²) in [4.78, 5) is 27.1. The summed E-state index contributed by atoms with van der Waals surface area (Å²) in [6.07, 6.45) is 4.54. The molecule has 3 atom stereocenters. The molecule has 0 bridgehead atoms. The number of rotatable bonds is 3. The minimum absolute atomic E-state index is 0.0599. The van der Waals surface area contributed by atoms with Gasteiger partial charge in [0.05, 0.1) is 42.4 Å². The molecular formula is C27H24F2N4O3. The van der Waals surface area contributed by atoms with Crippen molar-refractivity contribution < 1.29 is 18.3 Å². The van der Waals surface area contributed by atoms with Crippen LogP contribution in [0.2, 0.25) is 0 Å². The zero-order valence-electron chi connectivity index (χ0n) is 19.9. The summed E-state index contributed by atoms with van der Waals surface area (Å²) in [6, 6.07) is 7.27. The first-order chi connectivity index (χ1) is 17.4. The monoisotopic (exact) mass is 490 g/mol. The SMILES string of the molecule is Cc1cc([C@H]2C[C@@H](c3cn4c(=O)c5c(nc4c(-c4ccc(F)cc4F)n3)COC5)C[C@@H](C)O2)ccn1. The van der Waals surface area contributed by atoms with Crippen molar-refractivity contribution in [2.24, 2.45) is 0 Å². The molecule has 5 heterocycles. The van der Waals surface area contributed by atoms with Crippen LogP contribution in [0, 0.1) is 18.6 Å². The summed E-state index contributed by atoms with van der Waals surface area (Å²) < 4.78 is 41.8. The van der Waals surface area contributed by atoms with Crippen LogP contribution in [0.5, 0.6) is 0 Å². The molecule has 1 saturated heterocycles. The van der Waals surface area contributed by atoms with Crippen molar-refractivity contribution in [3.05, 3.63) is 92.9 Å². The van der Waals surface area contributed by atoms with Crippen LogP contribution < -0.4 is 5.56 Å². The van der Waals surface area contributed by atoms with E-state index < -0.39 is 11.6 Å². The van der Waals surface area contributed by atoms with E-state index in [-0.39, 0.29) is 53.8 Å². The molecule has 1 aromatic carbocycles. The maximum absolute atomic E-state index is 15.0. The van der Waals surface area contributed by atoms with E-state index in [1.165, 1.54) is 16.5 Å². The Bertz CT molecular complexity index is 1550. The van der Waals surface area contributed by atoms with Gasteiger partial charge in [-0.15, -0.1) is 0 Å². The largest absolute Gasteiger partial charge is 0.371 e. The molecule has 0 saturated carbocycles. The molecule has 9 heteroatoms. The van der Waals surface area contributed by atoms with E-state index in [0.29, 0.717) is 29.8 Å². The minimum atomic E-state index is -0.766. The predicted octanol–water partition coefficient (Wildman–Crippen LogP) is 4.79. The number of hydrogen-bond acceptors (Lipinski definition) is 6. The highest BCUT2D eigenvalue weighted by Gasteiger charge is 2.32. The van der Waals surface area contributed by atoms with Gasteiger partial charge in [-0.1, -0.05) is 0 Å². The van der Waals surface area contributed by atoms with E-state index in [1.807, 2.05) is 26.0 Å². The first-order valence-corrected chi connectivity index (χ1v) is 11.9. The van der Waals surface area contributed by atoms with E-state index >= 15 is 0 Å². The molecule has 7 nitrogen and oxygen atoms in total. The second-order valence-electron chi connectivity index (χ2n) is 9.50. The van der Waals surface area contributed by atoms with Crippen LogP contribution in [0.25, 0.3) is 16.9 Å². The van der Waals surface area contributed by atoms with Gasteiger partial charge in [0.2, 0.25) is 0 Å². The molecule has 184 valence electrons. The molecule has 4 aromatic rings. The van der Waals surface area contributed by atoms with Gasteiger partial charge in [0.1, 0.15) is 17.3 Å². The zero-order valence-corrected chi connectivity index (χ0v) is 19.9. The van der Waals surface area contributed by atoms with Gasteiger partial charge in [0.25, 0.3) is 5.56 Å². The van der Waals surface area contributed by atoms with E-state index in [2.05, 4.69) is 9.97 Å². The maximum Gasteiger partial charge on any atom is 0.263 e. The second-order valence-corrected chi connectivity index (χ2v) is 9.50. The minimum Gasteiger partial charge on any atom is -0.371 e. The summed E-state index contributed by atoms with van der Waals surface area (Å²) in [6.45, 7) is 4.33. The first-order valence-electron chi connectivity index (χ1n) is 11.9. The Balaban J connectivity index is 1.52. The molecule has 0 radical (unpaired) electrons. The lowest BCUT2D eigenvalue weighted by atomic mass is 9.87. The Kier molecular flexibility index (Phi) is 5.61. The average molecular weight is 491 g/mol. The van der Waals surface area contributed by atoms with Gasteiger partial charge in [-0.25, -0.2) is 18.7 Å². The highest BCUT2D eigenvalue weighted by atomic mass is 19.1. The molecule has 2 aliphatic rings. The van der Waals surface area contributed by atoms with Gasteiger partial charge >= 0.3 is 0 Å². The number of aryl methyl sites for hydroxylation is 1. The van der Waals surface area contributed by atoms with Crippen LogP contribution in [-0.2, 0) is 22.7 Å². The molecule has 0 amide bonds. The van der Waals surface area contributed by atoms with Gasteiger partial charge in [-0.2, -0.15) is 0 Å². The molecule has 3 aromatic heterocycles. The smallest absolute Gasteiger partial charge is 0.263 e. The first kappa shape index (κ1) is 22.9. The van der Waals surface area contributed by atoms with Gasteiger partial charge < -0.3 is 9.47 Å². The van der Waals surface area contributed by atoms with Crippen LogP contribution in [0.15, 0.2) is 47.5 Å². The molecule has 0 spiro atoms. The summed E-state index contributed by atoms with van der Waals surface area (Å²) >= 11 is 0. The third-order valence-corrected chi connectivity index (χ3v) is 6.90. The van der Waals surface area contributed by atoms with E-state index in [4.69, 9.17) is 14.5 Å². The fraction of sp³-hybridized carbons (Fsp3) is 0.333. The number of hydrogen-bond donors (Lipinski definition) is 0. The van der Waals surface area contributed by atoms with Crippen molar-refractivity contribution in [2.75, 3.05) is 0 Å². The molecule has 0 unspecified atom stereocenters. The Morgan fingerprint density at radius 2 is 1.94 bits per heavy atom. The Hall–Kier alpha value is -3.56. The lowest BCUT2D eigenvalue weighted by molar-refractivity contribution is -0.0507. The zero-order chi connectivity index (χ0) is 25.0. The number of halogens is 2. The summed E-state index contributed by atoms with van der Waals surface area (Å²) in [5.41, 5.74) is 3.81. The fourth-order valence-electron chi connectivity index (χ4n) is 5.19. The summed E-state index contributed by atoms with van der Waals surface area (Å²) in [5.74, 6) is -1.52. The van der Waals surface area contributed by atoms with Crippen LogP contribution in [0.3, 0.4) is 0 Å². The fourth-order valence-corrected chi connectivity index (χ4v) is 5.19. The van der Waals surface area contributed by atoms with Crippen molar-refractivity contribution in [1.82, 2.24) is 19.4 Å². The van der Waals surface area contributed by atoms with E-state index in [0.717, 1.165) is 17.3 Å². The quantitative estimate of drug-likeness (QED) is 0.411. The maximum atomic E-state index is 15.0. The van der Waals surface area contributed by atoms with Crippen LogP contribution in [0.1, 0.15) is 60.0 Å². The number of ether oxygens (including phenoxy) is 2. The van der Waals surface area contributed by atoms with Crippen molar-refractivity contribution in [3.63, 3.8) is 0 Å². The molecule has 0 aliphatic carbocycles. The van der Waals surface area contributed by atoms with Crippen molar-refractivity contribution in [3.8, 4) is 11.3 Å². The molecule has 0 N–H and O–H groups in total. The molecule has 6 rings (SSSR count). The third kappa shape index (κ3) is 3.98. The van der Waals surface area contributed by atoms with Gasteiger partial charge in [0.15, 0.2) is 5.65 Å². The number of nitrogens with zero attached hydrogens (tertiary/aromatic N) is 4. The van der Waals surface area contributed by atoms with Crippen LogP contribution in [0.4, 0.5) is 8.78 Å². The average Bonchev–Trinajstić information content (AvgIpc) is 3.33. The Morgan fingerprint density at radius 1 is 1.08 bits per heavy atom. The van der Waals surface area contributed by atoms with Crippen molar-refractivity contribution in [2.45, 2.75) is 58.0 Å². The third-order valence-electron chi connectivity index (χ3n) is 6.90. The molecule has 36 heavy (non-hydrogen) atoms. The van der Waals surface area contributed by atoms with Gasteiger partial charge in [0, 0.05) is 35.6 Å². The van der Waals surface area contributed by atoms with E-state index in [9.17, 15) is 13.6 Å². The lowest BCUT2D eigenvalue weighted by Gasteiger charge is -2.34. The van der Waals surface area contributed by atoms with Crippen molar-refractivity contribution >= 4 is 5.65 Å². The second kappa shape index (κ2) is 8.83. The topological polar surface area (TPSA) is 78.6 Å². The lowest BCUT2D eigenvalue weighted by Crippen LogP contribution is -2.27. The highest BCUT2D eigenvalue weighted by molar-refractivity contribution is 5.74. The number of aromatic nitrogens is 4. The number of pyridine rings is 1. The molecule has 2 aliphatic heterocycles. The summed E-state index contributed by atoms with van der Waals surface area (Å²) in [5, 5.41) is 0. The Labute approximate surface area is 205 Å². The molecular weight excluding hydrogens is 466 g/mol. The van der Waals surface area contributed by atoms with E-state index in [1.54, 1.807) is 12.4 Å². The number of fused-ring (bicyclic) bond motifs is 2. The van der Waals surface area contributed by atoms with Gasteiger partial charge in [-0.3, -0.25) is 14.2 Å². The highest BCUT2D eigenvalue weighted by Crippen LogP contribution is 2.40. The van der Waals surface area contributed by atoms with Crippen molar-refractivity contribution in [1.29, 1.82) is 0 Å². The summed E-state index contributed by atoms with van der Waals surface area (Å²) in [7, 11) is 0. The molecule has 1 fully saturated rings.